The Kier molecular flexibility index (Phi) is 10.5. The summed E-state index contributed by atoms with van der Waals surface area (Å²) >= 11 is 0. The molecule has 3 aromatic carbocycles. The van der Waals surface area contributed by atoms with Gasteiger partial charge in [-0.2, -0.15) is 0 Å². The average molecular weight is 706 g/mol. The highest BCUT2D eigenvalue weighted by Gasteiger charge is 2.61. The van der Waals surface area contributed by atoms with Crippen molar-refractivity contribution in [2.24, 2.45) is 11.8 Å². The van der Waals surface area contributed by atoms with Gasteiger partial charge in [-0.05, 0) is 30.0 Å². The fourth-order valence-corrected chi connectivity index (χ4v) is 6.66. The van der Waals surface area contributed by atoms with Crippen LogP contribution in [-0.4, -0.2) is 76.2 Å². The van der Waals surface area contributed by atoms with E-state index in [4.69, 9.17) is 14.5 Å². The number of hydrogen-bond acceptors (Lipinski definition) is 7. The summed E-state index contributed by atoms with van der Waals surface area (Å²) in [6.07, 6.45) is 1.11. The normalized spacial score (nSPS) is 21.2. The zero-order chi connectivity index (χ0) is 37.0. The minimum absolute atomic E-state index is 0.00797. The molecule has 5 atom stereocenters. The Balaban J connectivity index is 1.28. The van der Waals surface area contributed by atoms with Crippen LogP contribution in [0.5, 0.6) is 11.5 Å². The van der Waals surface area contributed by atoms with Crippen LogP contribution >= 0.6 is 0 Å². The molecule has 1 unspecified atom stereocenters. The highest BCUT2D eigenvalue weighted by molar-refractivity contribution is 5.95. The molecule has 6 rings (SSSR count). The number of aliphatic carboxylic acids is 1. The molecule has 0 bridgehead atoms. The number of fused-ring (bicyclic) bond motifs is 1. The lowest BCUT2D eigenvalue weighted by atomic mass is 10.0. The number of methoxy groups -OCH3 is 1. The van der Waals surface area contributed by atoms with Crippen LogP contribution in [0.15, 0.2) is 97.6 Å². The van der Waals surface area contributed by atoms with Gasteiger partial charge in [0.1, 0.15) is 35.2 Å². The van der Waals surface area contributed by atoms with Crippen LogP contribution in [0.1, 0.15) is 32.3 Å². The summed E-state index contributed by atoms with van der Waals surface area (Å²) in [7, 11) is 1.58. The first kappa shape index (κ1) is 35.9. The summed E-state index contributed by atoms with van der Waals surface area (Å²) in [5.74, 6) is -1.78. The molecular weight excluding hydrogens is 662 g/mol. The summed E-state index contributed by atoms with van der Waals surface area (Å²) in [5, 5.41) is 19.1. The fourth-order valence-electron chi connectivity index (χ4n) is 6.66. The quantitative estimate of drug-likeness (QED) is 0.143. The van der Waals surface area contributed by atoms with E-state index in [9.17, 15) is 24.3 Å². The van der Waals surface area contributed by atoms with Crippen molar-refractivity contribution in [3.63, 3.8) is 0 Å². The molecule has 0 spiro atoms. The number of likely N-dealkylation sites (tertiary alicyclic amines) is 1. The standard InChI is InChI=1S/C40H43N5O7/c1-5-27-21-40(27,38(48)49)44-36(46)33-19-29(23-45(33)39(50)43-35(24(2)3)37(47)41-22-25-12-8-6-9-13-25)52-34-20-31(26-14-10-7-11-15-26)42-32-18-28(51-4)16-17-30(32)34/h5-18,20,24,27,29,33,35H,1,19,21-23H2,2-4H3,(H,41,47)(H,43,50)(H,44,46)(H,48,49)/t27-,29-,33+,35?,40-/m1/s1. The number of nitrogens with one attached hydrogen (secondary N) is 3. The number of urea groups is 1. The van der Waals surface area contributed by atoms with Crippen LogP contribution in [-0.2, 0) is 20.9 Å². The molecule has 1 aliphatic carbocycles. The van der Waals surface area contributed by atoms with E-state index in [2.05, 4.69) is 22.5 Å². The molecule has 12 heteroatoms. The second kappa shape index (κ2) is 15.1. The number of rotatable bonds is 13. The third kappa shape index (κ3) is 7.56. The number of carbonyl (C=O) groups excluding carboxylic acids is 3. The van der Waals surface area contributed by atoms with Gasteiger partial charge in [-0.3, -0.25) is 9.59 Å². The zero-order valence-corrected chi connectivity index (χ0v) is 29.4. The van der Waals surface area contributed by atoms with Gasteiger partial charge in [-0.1, -0.05) is 80.6 Å². The Bertz CT molecular complexity index is 1970. The maximum absolute atomic E-state index is 14.1. The van der Waals surface area contributed by atoms with E-state index in [1.807, 2.05) is 92.7 Å². The van der Waals surface area contributed by atoms with Crippen molar-refractivity contribution < 1.29 is 33.8 Å². The van der Waals surface area contributed by atoms with E-state index in [0.717, 1.165) is 11.1 Å². The Morgan fingerprint density at radius 1 is 1.04 bits per heavy atom. The molecular formula is C40H43N5O7. The van der Waals surface area contributed by atoms with Crippen molar-refractivity contribution in [2.45, 2.75) is 57.0 Å². The topological polar surface area (TPSA) is 159 Å². The van der Waals surface area contributed by atoms with Crippen LogP contribution in [0.25, 0.3) is 22.2 Å². The maximum Gasteiger partial charge on any atom is 0.330 e. The summed E-state index contributed by atoms with van der Waals surface area (Å²) < 4.78 is 12.1. The molecule has 0 radical (unpaired) electrons. The number of pyridine rings is 1. The summed E-state index contributed by atoms with van der Waals surface area (Å²) in [6, 6.07) is 23.7. The molecule has 52 heavy (non-hydrogen) atoms. The molecule has 1 aliphatic heterocycles. The van der Waals surface area contributed by atoms with Gasteiger partial charge in [0.05, 0.1) is 24.9 Å². The molecule has 2 aliphatic rings. The lowest BCUT2D eigenvalue weighted by Crippen LogP contribution is -2.57. The zero-order valence-electron chi connectivity index (χ0n) is 29.4. The van der Waals surface area contributed by atoms with E-state index in [0.29, 0.717) is 28.1 Å². The molecule has 1 saturated carbocycles. The minimum atomic E-state index is -1.50. The van der Waals surface area contributed by atoms with Crippen molar-refractivity contribution in [1.29, 1.82) is 0 Å². The molecule has 4 N–H and O–H groups in total. The Labute approximate surface area is 302 Å². The molecule has 12 nitrogen and oxygen atoms in total. The Morgan fingerprint density at radius 3 is 2.38 bits per heavy atom. The predicted octanol–water partition coefficient (Wildman–Crippen LogP) is 4.93. The van der Waals surface area contributed by atoms with E-state index in [1.54, 1.807) is 13.2 Å². The van der Waals surface area contributed by atoms with Crippen LogP contribution in [0.3, 0.4) is 0 Å². The third-order valence-electron chi connectivity index (χ3n) is 9.73. The molecule has 4 amide bonds. The van der Waals surface area contributed by atoms with Crippen LogP contribution in [0.2, 0.25) is 0 Å². The van der Waals surface area contributed by atoms with Crippen molar-refractivity contribution in [3.05, 3.63) is 103 Å². The number of hydrogen-bond donors (Lipinski definition) is 4. The van der Waals surface area contributed by atoms with Crippen molar-refractivity contribution in [2.75, 3.05) is 13.7 Å². The van der Waals surface area contributed by atoms with Gasteiger partial charge in [0.25, 0.3) is 0 Å². The Morgan fingerprint density at radius 2 is 1.75 bits per heavy atom. The predicted molar refractivity (Wildman–Crippen MR) is 196 cm³/mol. The molecule has 2 fully saturated rings. The lowest BCUT2D eigenvalue weighted by Gasteiger charge is -2.29. The smallest absolute Gasteiger partial charge is 0.330 e. The molecule has 2 heterocycles. The number of aromatic nitrogens is 1. The van der Waals surface area contributed by atoms with Crippen molar-refractivity contribution in [3.8, 4) is 22.8 Å². The largest absolute Gasteiger partial charge is 0.497 e. The number of benzene rings is 3. The molecule has 1 aromatic heterocycles. The maximum atomic E-state index is 14.1. The van der Waals surface area contributed by atoms with Crippen LogP contribution in [0.4, 0.5) is 4.79 Å². The number of carbonyl (C=O) groups is 4. The number of carboxylic acids is 1. The van der Waals surface area contributed by atoms with E-state index >= 15 is 0 Å². The molecule has 270 valence electrons. The van der Waals surface area contributed by atoms with Gasteiger partial charge in [-0.15, -0.1) is 6.58 Å². The first-order chi connectivity index (χ1) is 25.0. The van der Waals surface area contributed by atoms with Crippen LogP contribution in [0, 0.1) is 11.8 Å². The fraction of sp³-hybridized carbons (Fsp3) is 0.325. The summed E-state index contributed by atoms with van der Waals surface area (Å²) in [6.45, 7) is 7.62. The van der Waals surface area contributed by atoms with Gasteiger partial charge in [-0.25, -0.2) is 14.6 Å². The van der Waals surface area contributed by atoms with E-state index < -0.39 is 47.6 Å². The highest BCUT2D eigenvalue weighted by atomic mass is 16.5. The monoisotopic (exact) mass is 705 g/mol. The second-order valence-electron chi connectivity index (χ2n) is 13.6. The lowest BCUT2D eigenvalue weighted by molar-refractivity contribution is -0.144. The van der Waals surface area contributed by atoms with Gasteiger partial charge in [0.15, 0.2) is 0 Å². The number of ether oxygens (including phenoxy) is 2. The third-order valence-corrected chi connectivity index (χ3v) is 9.73. The van der Waals surface area contributed by atoms with Crippen molar-refractivity contribution in [1.82, 2.24) is 25.8 Å². The first-order valence-electron chi connectivity index (χ1n) is 17.3. The highest BCUT2D eigenvalue weighted by Crippen LogP contribution is 2.45. The summed E-state index contributed by atoms with van der Waals surface area (Å²) in [4.78, 5) is 59.8. The van der Waals surface area contributed by atoms with Gasteiger partial charge >= 0.3 is 12.0 Å². The molecule has 1 saturated heterocycles. The van der Waals surface area contributed by atoms with Gasteiger partial charge in [0.2, 0.25) is 11.8 Å². The minimum Gasteiger partial charge on any atom is -0.497 e. The SMILES string of the molecule is C=C[C@@H]1C[C@]1(NC(=O)[C@@H]1C[C@@H](Oc2cc(-c3ccccc3)nc3cc(OC)ccc23)CN1C(=O)NC(C(=O)NCc1ccccc1)C(C)C)C(=O)O. The summed E-state index contributed by atoms with van der Waals surface area (Å²) in [5.41, 5.74) is 1.57. The van der Waals surface area contributed by atoms with E-state index in [-0.39, 0.29) is 37.8 Å². The Hall–Kier alpha value is -5.91. The number of amides is 4. The first-order valence-corrected chi connectivity index (χ1v) is 17.3. The number of nitrogens with zero attached hydrogens (tertiary/aromatic N) is 2. The number of carboxylic acid groups (broad SMARTS) is 1. The van der Waals surface area contributed by atoms with Crippen molar-refractivity contribution >= 4 is 34.7 Å². The van der Waals surface area contributed by atoms with Crippen LogP contribution < -0.4 is 25.4 Å². The van der Waals surface area contributed by atoms with Gasteiger partial charge < -0.3 is 35.4 Å². The molecule has 4 aromatic rings. The second-order valence-corrected chi connectivity index (χ2v) is 13.6. The average Bonchev–Trinajstić information content (AvgIpc) is 3.72. The van der Waals surface area contributed by atoms with Gasteiger partial charge in [0, 0.05) is 42.0 Å². The van der Waals surface area contributed by atoms with E-state index in [1.165, 1.54) is 11.0 Å².